The Kier molecular flexibility index (Phi) is 17.8. The molecule has 0 bridgehead atoms. The number of nitrogens with one attached hydrogen (secondary N) is 2. The number of ether oxygens (including phenoxy) is 3. The van der Waals surface area contributed by atoms with Gasteiger partial charge < -0.3 is 35.1 Å². The van der Waals surface area contributed by atoms with E-state index < -0.39 is 49.0 Å². The van der Waals surface area contributed by atoms with E-state index in [1.165, 1.54) is 6.92 Å². The summed E-state index contributed by atoms with van der Waals surface area (Å²) >= 11 is 0. The highest BCUT2D eigenvalue weighted by molar-refractivity contribution is 5.81. The molecule has 0 aromatic heterocycles. The van der Waals surface area contributed by atoms with Crippen molar-refractivity contribution in [2.75, 3.05) is 26.4 Å². The third-order valence-corrected chi connectivity index (χ3v) is 9.31. The molecule has 0 saturated carbocycles. The van der Waals surface area contributed by atoms with Gasteiger partial charge in [-0.1, -0.05) is 106 Å². The van der Waals surface area contributed by atoms with Gasteiger partial charge in [0.2, 0.25) is 0 Å². The Morgan fingerprint density at radius 3 is 1.60 bits per heavy atom. The number of phenolic OH excluding ortho intramolecular Hbond substituents is 2. The van der Waals surface area contributed by atoms with Crippen LogP contribution in [0, 0.1) is 0 Å². The molecule has 0 saturated heterocycles. The molecule has 12 nitrogen and oxygen atoms in total. The summed E-state index contributed by atoms with van der Waals surface area (Å²) in [6, 6.07) is 7.21. The fraction of sp³-hybridized carbons (Fsp3) is 0.578. The Bertz CT molecular complexity index is 1720. The van der Waals surface area contributed by atoms with Gasteiger partial charge >= 0.3 is 17.9 Å². The molecule has 12 heteroatoms. The highest BCUT2D eigenvalue weighted by Gasteiger charge is 2.27. The predicted molar refractivity (Wildman–Crippen MR) is 220 cm³/mol. The number of benzene rings is 2. The predicted octanol–water partition coefficient (Wildman–Crippen LogP) is 6.88. The fourth-order valence-corrected chi connectivity index (χ4v) is 6.06. The van der Waals surface area contributed by atoms with Gasteiger partial charge in [0.1, 0.15) is 18.1 Å². The highest BCUT2D eigenvalue weighted by atomic mass is 16.5. The molecular formula is C45H66N2O10. The van der Waals surface area contributed by atoms with Crippen molar-refractivity contribution in [2.45, 2.75) is 143 Å². The molecule has 0 spiro atoms. The van der Waals surface area contributed by atoms with Crippen LogP contribution in [0.1, 0.15) is 142 Å². The van der Waals surface area contributed by atoms with E-state index in [1.54, 1.807) is 13.0 Å². The van der Waals surface area contributed by atoms with Crippen LogP contribution in [-0.4, -0.2) is 72.3 Å². The average molecular weight is 795 g/mol. The quantitative estimate of drug-likeness (QED) is 0.0707. The average Bonchev–Trinajstić information content (AvgIpc) is 3.09. The Hall–Kier alpha value is -4.87. The van der Waals surface area contributed by atoms with Gasteiger partial charge in [-0.25, -0.2) is 0 Å². The monoisotopic (exact) mass is 794 g/mol. The van der Waals surface area contributed by atoms with Gasteiger partial charge in [-0.3, -0.25) is 24.0 Å². The first-order valence-electron chi connectivity index (χ1n) is 19.7. The number of aryl methyl sites for hydroxylation is 2. The topological polar surface area (TPSA) is 178 Å². The van der Waals surface area contributed by atoms with Gasteiger partial charge in [0.25, 0.3) is 11.8 Å². The van der Waals surface area contributed by atoms with Crippen molar-refractivity contribution >= 4 is 29.7 Å². The van der Waals surface area contributed by atoms with Crippen molar-refractivity contribution in [2.24, 2.45) is 0 Å². The first kappa shape index (κ1) is 48.3. The van der Waals surface area contributed by atoms with Crippen molar-refractivity contribution < 1.29 is 48.4 Å². The lowest BCUT2D eigenvalue weighted by molar-refractivity contribution is -0.149. The lowest BCUT2D eigenvalue weighted by atomic mass is 9.78. The minimum Gasteiger partial charge on any atom is -0.507 e. The molecule has 316 valence electrons. The molecule has 2 aromatic carbocycles. The standard InChI is InChI=1S/C45H66N2O10/c1-28(33-21-31(22-34(41(33)53)43(4,5)6)16-18-40(52)57-27-38(50)47-29(2)25-55-30(3)48)15-13-14-20-46-37(49)26-56-39(51)19-17-32-23-35(44(7,8)9)42(54)36(24-32)45(10,11)12/h13-14,21-24,28-29,53-54H,15-20,25-27H2,1-12H3,(H,46,49)(H,47,50)/b14-13+. The van der Waals surface area contributed by atoms with Crippen molar-refractivity contribution in [3.63, 3.8) is 0 Å². The zero-order chi connectivity index (χ0) is 43.3. The SMILES string of the molecule is CC(=O)OCC(C)NC(=O)COC(=O)CCc1cc(C(C)C/C=C/CNC(=O)COC(=O)CCc2cc(C(C)(C)C)c(O)c(C(C)(C)C)c2)c(O)c(C(C)(C)C)c1. The molecule has 4 N–H and O–H groups in total. The van der Waals surface area contributed by atoms with E-state index >= 15 is 0 Å². The Labute approximate surface area is 339 Å². The third kappa shape index (κ3) is 16.6. The number of carbonyl (C=O) groups is 5. The van der Waals surface area contributed by atoms with Crippen LogP contribution in [0.5, 0.6) is 11.5 Å². The normalized spacial score (nSPS) is 13.1. The van der Waals surface area contributed by atoms with Gasteiger partial charge in [-0.05, 0) is 81.7 Å². The van der Waals surface area contributed by atoms with Crippen LogP contribution < -0.4 is 10.6 Å². The van der Waals surface area contributed by atoms with Crippen LogP contribution in [0.25, 0.3) is 0 Å². The van der Waals surface area contributed by atoms with Gasteiger partial charge in [0.05, 0.1) is 6.04 Å². The summed E-state index contributed by atoms with van der Waals surface area (Å²) in [7, 11) is 0. The minimum absolute atomic E-state index is 0.0148. The van der Waals surface area contributed by atoms with Crippen LogP contribution in [0.3, 0.4) is 0 Å². The molecule has 2 rings (SSSR count). The summed E-state index contributed by atoms with van der Waals surface area (Å²) in [4.78, 5) is 60.5. The van der Waals surface area contributed by atoms with E-state index in [0.717, 1.165) is 33.4 Å². The van der Waals surface area contributed by atoms with Crippen molar-refractivity contribution in [1.29, 1.82) is 0 Å². The van der Waals surface area contributed by atoms with E-state index in [9.17, 15) is 34.2 Å². The van der Waals surface area contributed by atoms with Crippen LogP contribution in [0.2, 0.25) is 0 Å². The molecule has 2 aromatic rings. The van der Waals surface area contributed by atoms with Crippen LogP contribution in [0.15, 0.2) is 36.4 Å². The van der Waals surface area contributed by atoms with Crippen molar-refractivity contribution in [3.05, 3.63) is 69.8 Å². The van der Waals surface area contributed by atoms with Crippen LogP contribution in [0.4, 0.5) is 0 Å². The second-order valence-corrected chi connectivity index (χ2v) is 17.9. The number of esters is 3. The lowest BCUT2D eigenvalue weighted by Crippen LogP contribution is -2.38. The van der Waals surface area contributed by atoms with Gasteiger partial charge in [-0.2, -0.15) is 0 Å². The maximum atomic E-state index is 12.5. The summed E-state index contributed by atoms with van der Waals surface area (Å²) in [5.41, 5.74) is 3.93. The van der Waals surface area contributed by atoms with Gasteiger partial charge in [0.15, 0.2) is 13.2 Å². The fourth-order valence-electron chi connectivity index (χ4n) is 6.06. The maximum absolute atomic E-state index is 12.5. The zero-order valence-corrected chi connectivity index (χ0v) is 36.1. The van der Waals surface area contributed by atoms with E-state index in [-0.39, 0.29) is 59.7 Å². The minimum atomic E-state index is -0.545. The number of phenols is 2. The number of hydrogen-bond donors (Lipinski definition) is 4. The molecule has 2 unspecified atom stereocenters. The summed E-state index contributed by atoms with van der Waals surface area (Å²) in [5, 5.41) is 27.6. The summed E-state index contributed by atoms with van der Waals surface area (Å²) < 4.78 is 15.2. The first-order valence-corrected chi connectivity index (χ1v) is 19.7. The van der Waals surface area contributed by atoms with Gasteiger partial charge in [0, 0.05) is 26.3 Å². The first-order chi connectivity index (χ1) is 26.3. The van der Waals surface area contributed by atoms with Crippen molar-refractivity contribution in [1.82, 2.24) is 10.6 Å². The molecule has 0 aliphatic rings. The second-order valence-electron chi connectivity index (χ2n) is 17.9. The van der Waals surface area contributed by atoms with E-state index in [1.807, 2.05) is 99.6 Å². The molecular weight excluding hydrogens is 728 g/mol. The summed E-state index contributed by atoms with van der Waals surface area (Å²) in [6.07, 6.45) is 5.15. The molecule has 2 atom stereocenters. The molecule has 0 heterocycles. The molecule has 0 aliphatic carbocycles. The molecule has 0 radical (unpaired) electrons. The molecule has 0 fully saturated rings. The molecule has 2 amide bonds. The highest BCUT2D eigenvalue weighted by Crippen LogP contribution is 2.41. The third-order valence-electron chi connectivity index (χ3n) is 9.31. The summed E-state index contributed by atoms with van der Waals surface area (Å²) in [6.45, 7) is 22.5. The van der Waals surface area contributed by atoms with Gasteiger partial charge in [-0.15, -0.1) is 0 Å². The summed E-state index contributed by atoms with van der Waals surface area (Å²) in [5.74, 6) is -2.04. The number of amides is 2. The van der Waals surface area contributed by atoms with Crippen molar-refractivity contribution in [3.8, 4) is 11.5 Å². The zero-order valence-electron chi connectivity index (χ0n) is 36.1. The van der Waals surface area contributed by atoms with E-state index in [2.05, 4.69) is 10.6 Å². The largest absolute Gasteiger partial charge is 0.507 e. The Morgan fingerprint density at radius 1 is 0.667 bits per heavy atom. The number of carbonyl (C=O) groups excluding carboxylic acids is 5. The number of allylic oxidation sites excluding steroid dienone is 1. The van der Waals surface area contributed by atoms with E-state index in [0.29, 0.717) is 19.3 Å². The number of aromatic hydroxyl groups is 2. The number of hydrogen-bond acceptors (Lipinski definition) is 10. The second kappa shape index (κ2) is 21.0. The smallest absolute Gasteiger partial charge is 0.306 e. The lowest BCUT2D eigenvalue weighted by Gasteiger charge is -2.28. The van der Waals surface area contributed by atoms with Crippen LogP contribution >= 0.6 is 0 Å². The molecule has 57 heavy (non-hydrogen) atoms. The number of rotatable bonds is 18. The maximum Gasteiger partial charge on any atom is 0.306 e. The van der Waals surface area contributed by atoms with Crippen LogP contribution in [-0.2, 0) is 67.3 Å². The Balaban J connectivity index is 1.90. The Morgan fingerprint density at radius 2 is 1.12 bits per heavy atom. The van der Waals surface area contributed by atoms with E-state index in [4.69, 9.17) is 14.2 Å². The molecule has 0 aliphatic heterocycles.